The van der Waals surface area contributed by atoms with Gasteiger partial charge in [-0.25, -0.2) is 0 Å². The summed E-state index contributed by atoms with van der Waals surface area (Å²) in [6, 6.07) is 12.2. The minimum atomic E-state index is -0.307. The van der Waals surface area contributed by atoms with E-state index in [4.69, 9.17) is 5.21 Å². The van der Waals surface area contributed by atoms with Crippen molar-refractivity contribution in [2.24, 2.45) is 5.16 Å². The van der Waals surface area contributed by atoms with Crippen molar-refractivity contribution in [2.75, 3.05) is 5.32 Å². The van der Waals surface area contributed by atoms with E-state index in [2.05, 4.69) is 15.5 Å². The Kier molecular flexibility index (Phi) is 3.87. The molecule has 0 aliphatic heterocycles. The van der Waals surface area contributed by atoms with Crippen molar-refractivity contribution in [1.29, 1.82) is 0 Å². The van der Waals surface area contributed by atoms with Gasteiger partial charge in [-0.1, -0.05) is 29.4 Å². The van der Waals surface area contributed by atoms with Crippen LogP contribution in [0.4, 0.5) is 5.69 Å². The summed E-state index contributed by atoms with van der Waals surface area (Å²) in [4.78, 5) is 16.0. The van der Waals surface area contributed by atoms with E-state index in [-0.39, 0.29) is 5.91 Å². The summed E-state index contributed by atoms with van der Waals surface area (Å²) in [6.45, 7) is 1.66. The van der Waals surface area contributed by atoms with Crippen LogP contribution in [0.1, 0.15) is 23.0 Å². The van der Waals surface area contributed by atoms with Gasteiger partial charge in [0.1, 0.15) is 5.69 Å². The zero-order valence-corrected chi connectivity index (χ0v) is 10.4. The smallest absolute Gasteiger partial charge is 0.274 e. The van der Waals surface area contributed by atoms with Crippen LogP contribution in [0.2, 0.25) is 0 Å². The number of aromatic nitrogens is 1. The summed E-state index contributed by atoms with van der Waals surface area (Å²) in [5.41, 5.74) is 2.00. The Morgan fingerprint density at radius 3 is 2.63 bits per heavy atom. The summed E-state index contributed by atoms with van der Waals surface area (Å²) < 4.78 is 0. The number of hydrogen-bond donors (Lipinski definition) is 2. The maximum Gasteiger partial charge on any atom is 0.274 e. The van der Waals surface area contributed by atoms with E-state index in [9.17, 15) is 4.79 Å². The average molecular weight is 255 g/mol. The SMILES string of the molecule is C/C(=N\O)c1ccccc1NC(=O)c1ccccn1. The Hall–Kier alpha value is -2.69. The van der Waals surface area contributed by atoms with E-state index in [1.54, 1.807) is 55.6 Å². The van der Waals surface area contributed by atoms with Crippen LogP contribution in [-0.2, 0) is 0 Å². The molecule has 0 unspecified atom stereocenters. The number of pyridine rings is 1. The van der Waals surface area contributed by atoms with Crippen LogP contribution in [0, 0.1) is 0 Å². The number of benzene rings is 1. The minimum Gasteiger partial charge on any atom is -0.411 e. The van der Waals surface area contributed by atoms with Gasteiger partial charge in [-0.3, -0.25) is 9.78 Å². The first kappa shape index (κ1) is 12.8. The molecule has 2 aromatic rings. The van der Waals surface area contributed by atoms with Gasteiger partial charge < -0.3 is 10.5 Å². The molecule has 0 bridgehead atoms. The van der Waals surface area contributed by atoms with Gasteiger partial charge in [-0.15, -0.1) is 0 Å². The highest BCUT2D eigenvalue weighted by atomic mass is 16.4. The van der Waals surface area contributed by atoms with Gasteiger partial charge in [-0.2, -0.15) is 0 Å². The molecule has 0 saturated carbocycles. The molecule has 1 aromatic carbocycles. The van der Waals surface area contributed by atoms with Gasteiger partial charge in [-0.05, 0) is 25.1 Å². The van der Waals surface area contributed by atoms with E-state index < -0.39 is 0 Å². The number of anilines is 1. The number of rotatable bonds is 3. The molecule has 0 aliphatic carbocycles. The van der Waals surface area contributed by atoms with Crippen molar-refractivity contribution < 1.29 is 10.0 Å². The Labute approximate surface area is 110 Å². The fourth-order valence-electron chi connectivity index (χ4n) is 1.64. The van der Waals surface area contributed by atoms with Crippen LogP contribution in [0.25, 0.3) is 0 Å². The number of hydrogen-bond acceptors (Lipinski definition) is 4. The van der Waals surface area contributed by atoms with Crippen LogP contribution in [0.15, 0.2) is 53.8 Å². The fourth-order valence-corrected chi connectivity index (χ4v) is 1.64. The van der Waals surface area contributed by atoms with Gasteiger partial charge in [0, 0.05) is 11.8 Å². The summed E-state index contributed by atoms with van der Waals surface area (Å²) in [6.07, 6.45) is 1.56. The number of carbonyl (C=O) groups is 1. The van der Waals surface area contributed by atoms with Crippen LogP contribution in [0.3, 0.4) is 0 Å². The van der Waals surface area contributed by atoms with Crippen LogP contribution in [0.5, 0.6) is 0 Å². The minimum absolute atomic E-state index is 0.307. The van der Waals surface area contributed by atoms with E-state index in [1.165, 1.54) is 0 Å². The lowest BCUT2D eigenvalue weighted by Crippen LogP contribution is -2.15. The fraction of sp³-hybridized carbons (Fsp3) is 0.0714. The first-order valence-electron chi connectivity index (χ1n) is 5.73. The second kappa shape index (κ2) is 5.77. The number of para-hydroxylation sites is 1. The lowest BCUT2D eigenvalue weighted by Gasteiger charge is -2.09. The van der Waals surface area contributed by atoms with Crippen LogP contribution >= 0.6 is 0 Å². The monoisotopic (exact) mass is 255 g/mol. The van der Waals surface area contributed by atoms with Crippen LogP contribution in [-0.4, -0.2) is 21.8 Å². The molecule has 1 aromatic heterocycles. The molecule has 5 heteroatoms. The number of nitrogens with zero attached hydrogens (tertiary/aromatic N) is 2. The summed E-state index contributed by atoms with van der Waals surface area (Å²) in [5.74, 6) is -0.307. The largest absolute Gasteiger partial charge is 0.411 e. The maximum atomic E-state index is 12.0. The lowest BCUT2D eigenvalue weighted by molar-refractivity contribution is 0.102. The summed E-state index contributed by atoms with van der Waals surface area (Å²) >= 11 is 0. The van der Waals surface area contributed by atoms with Crippen molar-refractivity contribution in [3.05, 3.63) is 59.9 Å². The molecule has 96 valence electrons. The van der Waals surface area contributed by atoms with Gasteiger partial charge in [0.25, 0.3) is 5.91 Å². The van der Waals surface area contributed by atoms with Gasteiger partial charge in [0.05, 0.1) is 11.4 Å². The highest BCUT2D eigenvalue weighted by Gasteiger charge is 2.11. The second-order valence-electron chi connectivity index (χ2n) is 3.90. The third-order valence-corrected chi connectivity index (χ3v) is 2.61. The third kappa shape index (κ3) is 2.95. The van der Waals surface area contributed by atoms with E-state index in [0.717, 1.165) is 0 Å². The predicted molar refractivity (Wildman–Crippen MR) is 72.6 cm³/mol. The molecule has 2 rings (SSSR count). The average Bonchev–Trinajstić information content (AvgIpc) is 2.48. The second-order valence-corrected chi connectivity index (χ2v) is 3.90. The number of amides is 1. The first-order valence-corrected chi connectivity index (χ1v) is 5.73. The number of oxime groups is 1. The number of nitrogens with one attached hydrogen (secondary N) is 1. The molecule has 0 fully saturated rings. The molecule has 0 spiro atoms. The molecular formula is C14H13N3O2. The zero-order valence-electron chi connectivity index (χ0n) is 10.4. The quantitative estimate of drug-likeness (QED) is 0.502. The highest BCUT2D eigenvalue weighted by molar-refractivity contribution is 6.09. The zero-order chi connectivity index (χ0) is 13.7. The molecule has 1 heterocycles. The van der Waals surface area contributed by atoms with Crippen molar-refractivity contribution in [1.82, 2.24) is 4.98 Å². The molecule has 19 heavy (non-hydrogen) atoms. The molecule has 5 nitrogen and oxygen atoms in total. The van der Waals surface area contributed by atoms with E-state index in [1.807, 2.05) is 0 Å². The van der Waals surface area contributed by atoms with Gasteiger partial charge in [0.15, 0.2) is 0 Å². The number of carbonyl (C=O) groups excluding carboxylic acids is 1. The van der Waals surface area contributed by atoms with E-state index in [0.29, 0.717) is 22.7 Å². The molecule has 0 atom stereocenters. The van der Waals surface area contributed by atoms with Gasteiger partial charge in [0.2, 0.25) is 0 Å². The first-order chi connectivity index (χ1) is 9.22. The molecule has 1 amide bonds. The summed E-state index contributed by atoms with van der Waals surface area (Å²) in [5, 5.41) is 14.7. The highest BCUT2D eigenvalue weighted by Crippen LogP contribution is 2.16. The summed E-state index contributed by atoms with van der Waals surface area (Å²) in [7, 11) is 0. The molecule has 0 saturated heterocycles. The Balaban J connectivity index is 2.27. The maximum absolute atomic E-state index is 12.0. The van der Waals surface area contributed by atoms with Crippen molar-refractivity contribution in [3.8, 4) is 0 Å². The molecule has 0 radical (unpaired) electrons. The van der Waals surface area contributed by atoms with Crippen molar-refractivity contribution >= 4 is 17.3 Å². The lowest BCUT2D eigenvalue weighted by atomic mass is 10.1. The van der Waals surface area contributed by atoms with E-state index >= 15 is 0 Å². The van der Waals surface area contributed by atoms with Crippen molar-refractivity contribution in [2.45, 2.75) is 6.92 Å². The molecular weight excluding hydrogens is 242 g/mol. The standard InChI is InChI=1S/C14H13N3O2/c1-10(17-19)11-6-2-3-7-12(11)16-14(18)13-8-4-5-9-15-13/h2-9,19H,1H3,(H,16,18)/b17-10+. The molecule has 0 aliphatic rings. The molecule has 2 N–H and O–H groups in total. The van der Waals surface area contributed by atoms with Gasteiger partial charge >= 0.3 is 0 Å². The predicted octanol–water partition coefficient (Wildman–Crippen LogP) is 2.53. The Morgan fingerprint density at radius 1 is 1.21 bits per heavy atom. The Morgan fingerprint density at radius 2 is 1.95 bits per heavy atom. The topological polar surface area (TPSA) is 74.6 Å². The third-order valence-electron chi connectivity index (χ3n) is 2.61. The Bertz CT molecular complexity index is 609. The van der Waals surface area contributed by atoms with Crippen molar-refractivity contribution in [3.63, 3.8) is 0 Å². The van der Waals surface area contributed by atoms with Crippen LogP contribution < -0.4 is 5.32 Å². The normalized spacial score (nSPS) is 11.1.